The van der Waals surface area contributed by atoms with E-state index < -0.39 is 0 Å². The van der Waals surface area contributed by atoms with E-state index in [2.05, 4.69) is 15.3 Å². The number of aryl methyl sites for hydroxylation is 1. The maximum atomic E-state index is 12.1. The monoisotopic (exact) mass is 252 g/mol. The predicted octanol–water partition coefficient (Wildman–Crippen LogP) is 2.29. The van der Waals surface area contributed by atoms with Gasteiger partial charge in [-0.1, -0.05) is 18.2 Å². The quantitative estimate of drug-likeness (QED) is 0.761. The van der Waals surface area contributed by atoms with Gasteiger partial charge < -0.3 is 5.32 Å². The van der Waals surface area contributed by atoms with Crippen molar-refractivity contribution in [3.63, 3.8) is 0 Å². The van der Waals surface area contributed by atoms with Crippen LogP contribution in [0.2, 0.25) is 0 Å². The van der Waals surface area contributed by atoms with Gasteiger partial charge >= 0.3 is 0 Å². The van der Waals surface area contributed by atoms with Gasteiger partial charge in [-0.25, -0.2) is 9.97 Å². The van der Waals surface area contributed by atoms with Crippen LogP contribution in [0.15, 0.2) is 48.9 Å². The van der Waals surface area contributed by atoms with Gasteiger partial charge in [-0.15, -0.1) is 0 Å². The van der Waals surface area contributed by atoms with Gasteiger partial charge in [0.1, 0.15) is 17.7 Å². The molecule has 0 aliphatic heterocycles. The van der Waals surface area contributed by atoms with E-state index in [0.717, 1.165) is 11.4 Å². The van der Waals surface area contributed by atoms with Crippen LogP contribution >= 0.6 is 0 Å². The average molecular weight is 252 g/mol. The van der Waals surface area contributed by atoms with Gasteiger partial charge in [-0.05, 0) is 19.1 Å². The van der Waals surface area contributed by atoms with Crippen molar-refractivity contribution in [2.24, 2.45) is 0 Å². The lowest BCUT2D eigenvalue weighted by atomic mass is 10.3. The fourth-order valence-corrected chi connectivity index (χ4v) is 1.81. The molecule has 0 saturated heterocycles. The van der Waals surface area contributed by atoms with Crippen molar-refractivity contribution in [3.8, 4) is 0 Å². The molecule has 1 N–H and O–H groups in total. The third-order valence-corrected chi connectivity index (χ3v) is 2.75. The van der Waals surface area contributed by atoms with Crippen LogP contribution < -0.4 is 5.32 Å². The Bertz CT molecular complexity index is 734. The van der Waals surface area contributed by atoms with E-state index in [1.54, 1.807) is 16.9 Å². The maximum Gasteiger partial charge on any atom is 0.275 e. The summed E-state index contributed by atoms with van der Waals surface area (Å²) in [7, 11) is 0. The van der Waals surface area contributed by atoms with Crippen molar-refractivity contribution in [2.75, 3.05) is 5.32 Å². The van der Waals surface area contributed by atoms with Gasteiger partial charge in [0.25, 0.3) is 5.91 Å². The van der Waals surface area contributed by atoms with Gasteiger partial charge in [-0.3, -0.25) is 9.20 Å². The van der Waals surface area contributed by atoms with E-state index in [-0.39, 0.29) is 5.91 Å². The Morgan fingerprint density at radius 3 is 2.84 bits per heavy atom. The van der Waals surface area contributed by atoms with E-state index in [9.17, 15) is 4.79 Å². The molecule has 2 heterocycles. The van der Waals surface area contributed by atoms with Crippen LogP contribution in [0.1, 0.15) is 16.2 Å². The second-order valence-electron chi connectivity index (χ2n) is 4.24. The summed E-state index contributed by atoms with van der Waals surface area (Å²) in [4.78, 5) is 20.5. The average Bonchev–Trinajstić information content (AvgIpc) is 2.83. The summed E-state index contributed by atoms with van der Waals surface area (Å²) in [5.41, 5.74) is 2.70. The Labute approximate surface area is 109 Å². The van der Waals surface area contributed by atoms with Gasteiger partial charge in [-0.2, -0.15) is 0 Å². The van der Waals surface area contributed by atoms with Crippen LogP contribution in [0.4, 0.5) is 5.69 Å². The molecule has 0 bridgehead atoms. The zero-order chi connectivity index (χ0) is 13.2. The molecule has 5 heteroatoms. The number of nitrogens with one attached hydrogen (secondary N) is 1. The molecule has 1 aromatic carbocycles. The van der Waals surface area contributed by atoms with Crippen LogP contribution in [0.5, 0.6) is 0 Å². The zero-order valence-corrected chi connectivity index (χ0v) is 10.4. The molecule has 1 amide bonds. The molecule has 0 aliphatic rings. The van der Waals surface area contributed by atoms with Crippen molar-refractivity contribution >= 4 is 17.2 Å². The van der Waals surface area contributed by atoms with Crippen LogP contribution in [0, 0.1) is 6.92 Å². The first-order valence-corrected chi connectivity index (χ1v) is 5.90. The van der Waals surface area contributed by atoms with Gasteiger partial charge in [0.2, 0.25) is 0 Å². The zero-order valence-electron chi connectivity index (χ0n) is 10.4. The lowest BCUT2D eigenvalue weighted by Gasteiger charge is -2.01. The Kier molecular flexibility index (Phi) is 2.72. The first kappa shape index (κ1) is 11.4. The SMILES string of the molecule is Cc1cc2nc(C(=O)Nc3ccccc3)cn2cn1. The van der Waals surface area contributed by atoms with Crippen molar-refractivity contribution in [1.29, 1.82) is 0 Å². The highest BCUT2D eigenvalue weighted by Crippen LogP contribution is 2.10. The number of rotatable bonds is 2. The molecule has 94 valence electrons. The number of aromatic nitrogens is 3. The molecule has 3 rings (SSSR count). The number of amides is 1. The highest BCUT2D eigenvalue weighted by atomic mass is 16.1. The number of benzene rings is 1. The summed E-state index contributed by atoms with van der Waals surface area (Å²) in [5.74, 6) is -0.229. The molecule has 5 nitrogen and oxygen atoms in total. The van der Waals surface area contributed by atoms with E-state index in [1.807, 2.05) is 43.3 Å². The number of fused-ring (bicyclic) bond motifs is 1. The van der Waals surface area contributed by atoms with Crippen molar-refractivity contribution < 1.29 is 4.79 Å². The second kappa shape index (κ2) is 4.53. The number of anilines is 1. The van der Waals surface area contributed by atoms with E-state index in [0.29, 0.717) is 11.3 Å². The number of imidazole rings is 1. The number of hydrogen-bond acceptors (Lipinski definition) is 3. The van der Waals surface area contributed by atoms with E-state index in [4.69, 9.17) is 0 Å². The lowest BCUT2D eigenvalue weighted by Crippen LogP contribution is -2.11. The van der Waals surface area contributed by atoms with Crippen LogP contribution in [-0.2, 0) is 0 Å². The summed E-state index contributed by atoms with van der Waals surface area (Å²) in [6, 6.07) is 11.1. The second-order valence-corrected chi connectivity index (χ2v) is 4.24. The molecule has 3 aromatic rings. The molecule has 0 saturated carbocycles. The topological polar surface area (TPSA) is 59.3 Å². The maximum absolute atomic E-state index is 12.1. The Morgan fingerprint density at radius 1 is 1.26 bits per heavy atom. The first-order chi connectivity index (χ1) is 9.22. The number of carbonyl (C=O) groups is 1. The Hall–Kier alpha value is -2.69. The number of para-hydroxylation sites is 1. The first-order valence-electron chi connectivity index (χ1n) is 5.90. The number of hydrogen-bond donors (Lipinski definition) is 1. The highest BCUT2D eigenvalue weighted by molar-refractivity contribution is 6.03. The number of nitrogens with zero attached hydrogens (tertiary/aromatic N) is 3. The molecule has 0 fully saturated rings. The highest BCUT2D eigenvalue weighted by Gasteiger charge is 2.11. The third-order valence-electron chi connectivity index (χ3n) is 2.75. The Balaban J connectivity index is 1.89. The smallest absolute Gasteiger partial charge is 0.275 e. The van der Waals surface area contributed by atoms with Crippen molar-refractivity contribution in [1.82, 2.24) is 14.4 Å². The largest absolute Gasteiger partial charge is 0.321 e. The summed E-state index contributed by atoms with van der Waals surface area (Å²) in [6.45, 7) is 1.89. The van der Waals surface area contributed by atoms with Crippen LogP contribution in [0.25, 0.3) is 5.65 Å². The van der Waals surface area contributed by atoms with E-state index in [1.165, 1.54) is 0 Å². The fourth-order valence-electron chi connectivity index (χ4n) is 1.81. The fraction of sp³-hybridized carbons (Fsp3) is 0.0714. The predicted molar refractivity (Wildman–Crippen MR) is 72.1 cm³/mol. The van der Waals surface area contributed by atoms with Crippen LogP contribution in [-0.4, -0.2) is 20.3 Å². The Morgan fingerprint density at radius 2 is 2.05 bits per heavy atom. The van der Waals surface area contributed by atoms with E-state index >= 15 is 0 Å². The van der Waals surface area contributed by atoms with Crippen LogP contribution in [0.3, 0.4) is 0 Å². The molecule has 0 spiro atoms. The van der Waals surface area contributed by atoms with Gasteiger partial charge in [0.05, 0.1) is 0 Å². The molecular formula is C14H12N4O. The minimum atomic E-state index is -0.229. The molecule has 19 heavy (non-hydrogen) atoms. The molecule has 0 aliphatic carbocycles. The molecule has 0 atom stereocenters. The molecule has 0 unspecified atom stereocenters. The minimum absolute atomic E-state index is 0.229. The minimum Gasteiger partial charge on any atom is -0.321 e. The standard InChI is InChI=1S/C14H12N4O/c1-10-7-13-17-12(8-18(13)9-15-10)14(19)16-11-5-3-2-4-6-11/h2-9H,1H3,(H,16,19). The normalized spacial score (nSPS) is 10.6. The summed E-state index contributed by atoms with van der Waals surface area (Å²) >= 11 is 0. The van der Waals surface area contributed by atoms with Gasteiger partial charge in [0.15, 0.2) is 0 Å². The van der Waals surface area contributed by atoms with Crippen molar-refractivity contribution in [2.45, 2.75) is 6.92 Å². The third kappa shape index (κ3) is 2.30. The summed E-state index contributed by atoms with van der Waals surface area (Å²) < 4.78 is 1.73. The molecular weight excluding hydrogens is 240 g/mol. The lowest BCUT2D eigenvalue weighted by molar-refractivity contribution is 0.102. The molecule has 2 aromatic heterocycles. The molecule has 0 radical (unpaired) electrons. The van der Waals surface area contributed by atoms with Gasteiger partial charge in [0, 0.05) is 23.6 Å². The summed E-state index contributed by atoms with van der Waals surface area (Å²) in [6.07, 6.45) is 3.32. The summed E-state index contributed by atoms with van der Waals surface area (Å²) in [5, 5.41) is 2.80. The van der Waals surface area contributed by atoms with Crippen molar-refractivity contribution in [3.05, 3.63) is 60.3 Å². The number of carbonyl (C=O) groups excluding carboxylic acids is 1.